The van der Waals surface area contributed by atoms with E-state index in [1.807, 2.05) is 0 Å². The maximum atomic E-state index is 12.4. The van der Waals surface area contributed by atoms with Crippen LogP contribution in [0, 0.1) is 0 Å². The van der Waals surface area contributed by atoms with Crippen molar-refractivity contribution in [2.24, 2.45) is 0 Å². The van der Waals surface area contributed by atoms with Crippen molar-refractivity contribution in [2.45, 2.75) is 12.2 Å². The number of hydrogen-bond acceptors (Lipinski definition) is 3. The monoisotopic (exact) mass is 266 g/mol. The molecule has 13 heavy (non-hydrogen) atoms. The van der Waals surface area contributed by atoms with Crippen LogP contribution in [0.25, 0.3) is 0 Å². The van der Waals surface area contributed by atoms with Crippen molar-refractivity contribution in [1.82, 2.24) is 20.2 Å². The van der Waals surface area contributed by atoms with Crippen molar-refractivity contribution in [3.05, 3.63) is 4.73 Å². The first-order valence-corrected chi connectivity index (χ1v) is 3.45. The van der Waals surface area contributed by atoms with Crippen LogP contribution in [0.2, 0.25) is 0 Å². The Bertz CT molecular complexity index is 305. The minimum Gasteiger partial charge on any atom is -0.170 e. The summed E-state index contributed by atoms with van der Waals surface area (Å²) in [6.07, 6.45) is -5.73. The molecule has 0 N–H and O–H groups in total. The highest BCUT2D eigenvalue weighted by molar-refractivity contribution is 9.10. The van der Waals surface area contributed by atoms with Crippen molar-refractivity contribution in [1.29, 1.82) is 0 Å². The first-order valence-electron chi connectivity index (χ1n) is 2.65. The Hall–Kier alpha value is -0.800. The summed E-state index contributed by atoms with van der Waals surface area (Å²) in [5.74, 6) is 0. The molecule has 0 radical (unpaired) electrons. The van der Waals surface area contributed by atoms with Crippen LogP contribution < -0.4 is 0 Å². The third kappa shape index (κ3) is 1.62. The molecule has 0 aliphatic rings. The molecule has 0 spiro atoms. The van der Waals surface area contributed by atoms with E-state index in [2.05, 4.69) is 31.5 Å². The van der Waals surface area contributed by atoms with Gasteiger partial charge in [-0.05, 0) is 26.4 Å². The van der Waals surface area contributed by atoms with E-state index in [9.17, 15) is 22.0 Å². The molecule has 1 aromatic rings. The normalized spacial score (nSPS) is 13.4. The van der Waals surface area contributed by atoms with Gasteiger partial charge >= 0.3 is 12.2 Å². The summed E-state index contributed by atoms with van der Waals surface area (Å²) in [7, 11) is 0. The molecule has 0 atom stereocenters. The van der Waals surface area contributed by atoms with Gasteiger partial charge in [-0.15, -0.1) is 9.78 Å². The van der Waals surface area contributed by atoms with E-state index in [1.54, 1.807) is 0 Å². The minimum atomic E-state index is -5.73. The van der Waals surface area contributed by atoms with Gasteiger partial charge in [-0.25, -0.2) is 0 Å². The molecular formula is C3BrF5N4. The summed E-state index contributed by atoms with van der Waals surface area (Å²) < 4.78 is 58.5. The quantitative estimate of drug-likeness (QED) is 0.725. The van der Waals surface area contributed by atoms with E-state index in [1.165, 1.54) is 0 Å². The molecule has 1 rings (SSSR count). The number of tetrazole rings is 1. The van der Waals surface area contributed by atoms with Crippen LogP contribution >= 0.6 is 15.9 Å². The Morgan fingerprint density at radius 1 is 1.15 bits per heavy atom. The number of rotatable bonds is 1. The maximum absolute atomic E-state index is 12.4. The van der Waals surface area contributed by atoms with Crippen molar-refractivity contribution >= 4 is 15.9 Å². The fraction of sp³-hybridized carbons (Fsp3) is 0.667. The highest BCUT2D eigenvalue weighted by atomic mass is 79.9. The molecule has 1 heterocycles. The van der Waals surface area contributed by atoms with Gasteiger partial charge < -0.3 is 0 Å². The Balaban J connectivity index is 3.15. The predicted octanol–water partition coefficient (Wildman–Crippen LogP) is 1.55. The van der Waals surface area contributed by atoms with Crippen molar-refractivity contribution in [2.75, 3.05) is 0 Å². The van der Waals surface area contributed by atoms with Crippen LogP contribution in [-0.2, 0) is 6.05 Å². The summed E-state index contributed by atoms with van der Waals surface area (Å²) in [5, 5.41) is 7.97. The first kappa shape index (κ1) is 10.3. The average molecular weight is 267 g/mol. The van der Waals surface area contributed by atoms with E-state index in [0.29, 0.717) is 0 Å². The molecule has 0 aromatic carbocycles. The molecule has 1 aromatic heterocycles. The zero-order valence-electron chi connectivity index (χ0n) is 5.56. The molecular weight excluding hydrogens is 267 g/mol. The molecule has 74 valence electrons. The average Bonchev–Trinajstić information content (AvgIpc) is 2.32. The molecule has 4 nitrogen and oxygen atoms in total. The van der Waals surface area contributed by atoms with Crippen LogP contribution in [-0.4, -0.2) is 26.4 Å². The fourth-order valence-corrected chi connectivity index (χ4v) is 0.833. The van der Waals surface area contributed by atoms with E-state index in [-0.39, 0.29) is 0 Å². The van der Waals surface area contributed by atoms with Crippen LogP contribution in [0.5, 0.6) is 0 Å². The second kappa shape index (κ2) is 2.86. The predicted molar refractivity (Wildman–Crippen MR) is 31.8 cm³/mol. The molecule has 0 aliphatic heterocycles. The molecule has 0 aliphatic carbocycles. The zero-order chi connectivity index (χ0) is 10.3. The molecule has 10 heteroatoms. The van der Waals surface area contributed by atoms with Gasteiger partial charge in [0.1, 0.15) is 0 Å². The molecule has 0 unspecified atom stereocenters. The highest BCUT2D eigenvalue weighted by Crippen LogP contribution is 2.39. The summed E-state index contributed by atoms with van der Waals surface area (Å²) in [6, 6.07) is -5.12. The van der Waals surface area contributed by atoms with Crippen LogP contribution in [0.1, 0.15) is 0 Å². The Morgan fingerprint density at radius 2 is 1.69 bits per heavy atom. The lowest BCUT2D eigenvalue weighted by Gasteiger charge is -2.18. The SMILES string of the molecule is FC(F)(F)C(F)(F)n1nnnc1Br. The van der Waals surface area contributed by atoms with E-state index >= 15 is 0 Å². The third-order valence-electron chi connectivity index (χ3n) is 1.04. The minimum absolute atomic E-state index is 0.660. The second-order valence-corrected chi connectivity index (χ2v) is 2.61. The van der Waals surface area contributed by atoms with E-state index in [0.717, 1.165) is 0 Å². The number of hydrogen-bond donors (Lipinski definition) is 0. The Morgan fingerprint density at radius 3 is 2.00 bits per heavy atom. The molecule has 0 saturated carbocycles. The number of nitrogens with zero attached hydrogens (tertiary/aromatic N) is 4. The first-order chi connectivity index (χ1) is 5.77. The van der Waals surface area contributed by atoms with Gasteiger partial charge in [0.2, 0.25) is 4.73 Å². The lowest BCUT2D eigenvalue weighted by atomic mass is 10.5. The molecule has 0 fully saturated rings. The van der Waals surface area contributed by atoms with Crippen LogP contribution in [0.3, 0.4) is 0 Å². The third-order valence-corrected chi connectivity index (χ3v) is 1.53. The standard InChI is InChI=1S/C3BrF5N4/c4-1-10-11-12-13(1)3(8,9)2(5,6)7. The van der Waals surface area contributed by atoms with Gasteiger partial charge in [0.25, 0.3) is 0 Å². The van der Waals surface area contributed by atoms with Gasteiger partial charge in [0.05, 0.1) is 0 Å². The van der Waals surface area contributed by atoms with Crippen LogP contribution in [0.4, 0.5) is 22.0 Å². The Kier molecular flexibility index (Phi) is 2.26. The lowest BCUT2D eigenvalue weighted by molar-refractivity contribution is -0.329. The van der Waals surface area contributed by atoms with E-state index < -0.39 is 21.6 Å². The van der Waals surface area contributed by atoms with Crippen molar-refractivity contribution in [3.8, 4) is 0 Å². The van der Waals surface area contributed by atoms with Crippen LogP contribution in [0.15, 0.2) is 4.73 Å². The molecule has 0 saturated heterocycles. The summed E-state index contributed by atoms with van der Waals surface area (Å²) >= 11 is 2.34. The van der Waals surface area contributed by atoms with Crippen molar-refractivity contribution in [3.63, 3.8) is 0 Å². The van der Waals surface area contributed by atoms with Gasteiger partial charge in [-0.1, -0.05) is 0 Å². The summed E-state index contributed by atoms with van der Waals surface area (Å²) in [5.41, 5.74) is 0. The van der Waals surface area contributed by atoms with Gasteiger partial charge in [-0.3, -0.25) is 0 Å². The van der Waals surface area contributed by atoms with E-state index in [4.69, 9.17) is 0 Å². The number of alkyl halides is 5. The smallest absolute Gasteiger partial charge is 0.170 e. The summed E-state index contributed by atoms with van der Waals surface area (Å²) in [4.78, 5) is 0. The molecule has 0 amide bonds. The maximum Gasteiger partial charge on any atom is 0.477 e. The van der Waals surface area contributed by atoms with Gasteiger partial charge in [0, 0.05) is 0 Å². The largest absolute Gasteiger partial charge is 0.477 e. The van der Waals surface area contributed by atoms with Gasteiger partial charge in [-0.2, -0.15) is 22.0 Å². The second-order valence-electron chi connectivity index (χ2n) is 1.90. The van der Waals surface area contributed by atoms with Gasteiger partial charge in [0.15, 0.2) is 0 Å². The molecule has 0 bridgehead atoms. The number of halogens is 6. The fourth-order valence-electron chi connectivity index (χ4n) is 0.468. The topological polar surface area (TPSA) is 43.6 Å². The number of aromatic nitrogens is 4. The summed E-state index contributed by atoms with van der Waals surface area (Å²) in [6.45, 7) is 0. The Labute approximate surface area is 75.8 Å². The lowest BCUT2D eigenvalue weighted by Crippen LogP contribution is -2.40. The zero-order valence-corrected chi connectivity index (χ0v) is 7.14. The van der Waals surface area contributed by atoms with Crippen molar-refractivity contribution < 1.29 is 22.0 Å². The highest BCUT2D eigenvalue weighted by Gasteiger charge is 2.61.